The van der Waals surface area contributed by atoms with Gasteiger partial charge in [0.2, 0.25) is 5.89 Å². The minimum Gasteiger partial charge on any atom is -0.378 e. The second kappa shape index (κ2) is 6.36. The predicted octanol–water partition coefficient (Wildman–Crippen LogP) is 3.26. The number of nitrogens with zero attached hydrogens (tertiary/aromatic N) is 2. The summed E-state index contributed by atoms with van der Waals surface area (Å²) in [6.45, 7) is 2.89. The van der Waals surface area contributed by atoms with Gasteiger partial charge in [0.15, 0.2) is 5.82 Å². The van der Waals surface area contributed by atoms with E-state index < -0.39 is 0 Å². The third-order valence-electron chi connectivity index (χ3n) is 3.08. The van der Waals surface area contributed by atoms with Gasteiger partial charge in [-0.15, -0.1) is 11.6 Å². The molecule has 0 radical (unpaired) electrons. The molecule has 1 aromatic heterocycles. The van der Waals surface area contributed by atoms with E-state index in [-0.39, 0.29) is 5.38 Å². The highest BCUT2D eigenvalue weighted by atomic mass is 35.5. The molecule has 4 nitrogen and oxygen atoms in total. The fraction of sp³-hybridized carbons (Fsp3) is 0.833. The Kier molecular flexibility index (Phi) is 4.80. The van der Waals surface area contributed by atoms with Gasteiger partial charge in [-0.05, 0) is 32.1 Å². The number of ether oxygens (including phenoxy) is 1. The van der Waals surface area contributed by atoms with E-state index in [2.05, 4.69) is 10.1 Å². The van der Waals surface area contributed by atoms with E-state index in [9.17, 15) is 0 Å². The third kappa shape index (κ3) is 3.68. The minimum atomic E-state index is -0.140. The van der Waals surface area contributed by atoms with Crippen LogP contribution >= 0.6 is 11.6 Å². The Hall–Kier alpha value is -0.610. The normalized spacial score (nSPS) is 22.6. The lowest BCUT2D eigenvalue weighted by Crippen LogP contribution is -2.19. The van der Waals surface area contributed by atoms with Crippen molar-refractivity contribution < 1.29 is 9.26 Å². The van der Waals surface area contributed by atoms with Gasteiger partial charge in [-0.3, -0.25) is 0 Å². The lowest BCUT2D eigenvalue weighted by Gasteiger charge is -2.21. The van der Waals surface area contributed by atoms with Crippen LogP contribution in [0.5, 0.6) is 0 Å². The van der Waals surface area contributed by atoms with E-state index in [1.54, 1.807) is 0 Å². The van der Waals surface area contributed by atoms with E-state index in [0.717, 1.165) is 32.3 Å². The van der Waals surface area contributed by atoms with Crippen molar-refractivity contribution in [2.24, 2.45) is 0 Å². The molecule has 2 unspecified atom stereocenters. The fourth-order valence-electron chi connectivity index (χ4n) is 2.00. The van der Waals surface area contributed by atoms with Crippen LogP contribution in [-0.4, -0.2) is 22.9 Å². The second-order valence-electron chi connectivity index (χ2n) is 4.45. The van der Waals surface area contributed by atoms with Crippen molar-refractivity contribution in [1.29, 1.82) is 0 Å². The van der Waals surface area contributed by atoms with Crippen LogP contribution in [0.25, 0.3) is 0 Å². The molecule has 0 bridgehead atoms. The first-order valence-electron chi connectivity index (χ1n) is 6.37. The van der Waals surface area contributed by atoms with E-state index in [4.69, 9.17) is 20.9 Å². The maximum Gasteiger partial charge on any atom is 0.226 e. The summed E-state index contributed by atoms with van der Waals surface area (Å²) in [6.07, 6.45) is 6.51. The van der Waals surface area contributed by atoms with Crippen molar-refractivity contribution in [3.05, 3.63) is 11.7 Å². The first kappa shape index (κ1) is 12.8. The summed E-state index contributed by atoms with van der Waals surface area (Å²) in [7, 11) is 0. The molecular formula is C12H19ClN2O2. The summed E-state index contributed by atoms with van der Waals surface area (Å²) in [6, 6.07) is 0. The van der Waals surface area contributed by atoms with E-state index >= 15 is 0 Å². The molecule has 0 saturated carbocycles. The van der Waals surface area contributed by atoms with Crippen molar-refractivity contribution in [2.75, 3.05) is 6.61 Å². The predicted molar refractivity (Wildman–Crippen MR) is 65.1 cm³/mol. The molecule has 1 fully saturated rings. The molecule has 1 aromatic rings. The number of halogens is 1. The molecule has 0 amide bonds. The van der Waals surface area contributed by atoms with Crippen LogP contribution in [0.2, 0.25) is 0 Å². The van der Waals surface area contributed by atoms with E-state index in [1.807, 2.05) is 6.92 Å². The Morgan fingerprint density at radius 2 is 2.35 bits per heavy atom. The Balaban J connectivity index is 1.80. The van der Waals surface area contributed by atoms with E-state index in [0.29, 0.717) is 17.8 Å². The number of aryl methyl sites for hydroxylation is 1. The molecule has 0 aliphatic carbocycles. The summed E-state index contributed by atoms with van der Waals surface area (Å²) < 4.78 is 10.8. The SMILES string of the molecule is CCC(Cl)c1noc(CCC2CCCCO2)n1. The van der Waals surface area contributed by atoms with Crippen LogP contribution in [0.1, 0.15) is 56.1 Å². The average Bonchev–Trinajstić information content (AvgIpc) is 2.85. The zero-order chi connectivity index (χ0) is 12.1. The average molecular weight is 259 g/mol. The summed E-state index contributed by atoms with van der Waals surface area (Å²) in [5.74, 6) is 1.28. The van der Waals surface area contributed by atoms with Crippen LogP contribution in [0, 0.1) is 0 Å². The van der Waals surface area contributed by atoms with Gasteiger partial charge in [0.05, 0.1) is 11.5 Å². The smallest absolute Gasteiger partial charge is 0.226 e. The molecule has 2 heterocycles. The van der Waals surface area contributed by atoms with Crippen molar-refractivity contribution in [2.45, 2.75) is 56.9 Å². The molecule has 96 valence electrons. The molecule has 1 saturated heterocycles. The Bertz CT molecular complexity index is 337. The van der Waals surface area contributed by atoms with Gasteiger partial charge >= 0.3 is 0 Å². The number of alkyl halides is 1. The lowest BCUT2D eigenvalue weighted by atomic mass is 10.0. The molecule has 5 heteroatoms. The van der Waals surface area contributed by atoms with Gasteiger partial charge in [-0.1, -0.05) is 12.1 Å². The number of hydrogen-bond acceptors (Lipinski definition) is 4. The molecular weight excluding hydrogens is 240 g/mol. The maximum atomic E-state index is 6.04. The summed E-state index contributed by atoms with van der Waals surface area (Å²) in [4.78, 5) is 4.30. The summed E-state index contributed by atoms with van der Waals surface area (Å²) >= 11 is 6.04. The number of rotatable bonds is 5. The molecule has 1 aliphatic heterocycles. The van der Waals surface area contributed by atoms with Crippen molar-refractivity contribution in [1.82, 2.24) is 10.1 Å². The van der Waals surface area contributed by atoms with Crippen LogP contribution in [-0.2, 0) is 11.2 Å². The van der Waals surface area contributed by atoms with Gasteiger partial charge in [0.1, 0.15) is 0 Å². The number of hydrogen-bond donors (Lipinski definition) is 0. The standard InChI is InChI=1S/C12H19ClN2O2/c1-2-10(13)12-14-11(17-15-12)7-6-9-5-3-4-8-16-9/h9-10H,2-8H2,1H3. The fourth-order valence-corrected chi connectivity index (χ4v) is 2.09. The molecule has 0 N–H and O–H groups in total. The maximum absolute atomic E-state index is 6.04. The van der Waals surface area contributed by atoms with Crippen LogP contribution in [0.4, 0.5) is 0 Å². The van der Waals surface area contributed by atoms with Crippen LogP contribution in [0.15, 0.2) is 4.52 Å². The van der Waals surface area contributed by atoms with Crippen LogP contribution < -0.4 is 0 Å². The molecule has 0 spiro atoms. The monoisotopic (exact) mass is 258 g/mol. The quantitative estimate of drug-likeness (QED) is 0.761. The Morgan fingerprint density at radius 1 is 1.47 bits per heavy atom. The van der Waals surface area contributed by atoms with Gasteiger partial charge in [-0.2, -0.15) is 4.98 Å². The summed E-state index contributed by atoms with van der Waals surface area (Å²) in [5, 5.41) is 3.75. The third-order valence-corrected chi connectivity index (χ3v) is 3.58. The lowest BCUT2D eigenvalue weighted by molar-refractivity contribution is 0.0104. The van der Waals surface area contributed by atoms with Crippen LogP contribution in [0.3, 0.4) is 0 Å². The highest BCUT2D eigenvalue weighted by Crippen LogP contribution is 2.22. The van der Waals surface area contributed by atoms with Crippen molar-refractivity contribution >= 4 is 11.6 Å². The molecule has 2 atom stereocenters. The first-order valence-corrected chi connectivity index (χ1v) is 6.81. The summed E-state index contributed by atoms with van der Waals surface area (Å²) in [5.41, 5.74) is 0. The second-order valence-corrected chi connectivity index (χ2v) is 4.98. The van der Waals surface area contributed by atoms with Gasteiger partial charge in [0.25, 0.3) is 0 Å². The first-order chi connectivity index (χ1) is 8.29. The Labute approximate surface area is 107 Å². The molecule has 0 aromatic carbocycles. The highest BCUT2D eigenvalue weighted by Gasteiger charge is 2.17. The van der Waals surface area contributed by atoms with Gasteiger partial charge in [-0.25, -0.2) is 0 Å². The van der Waals surface area contributed by atoms with Gasteiger partial charge < -0.3 is 9.26 Å². The number of aromatic nitrogens is 2. The Morgan fingerprint density at radius 3 is 3.06 bits per heavy atom. The van der Waals surface area contributed by atoms with E-state index in [1.165, 1.54) is 12.8 Å². The zero-order valence-electron chi connectivity index (χ0n) is 10.2. The highest BCUT2D eigenvalue weighted by molar-refractivity contribution is 6.20. The molecule has 17 heavy (non-hydrogen) atoms. The largest absolute Gasteiger partial charge is 0.378 e. The molecule has 1 aliphatic rings. The topological polar surface area (TPSA) is 48.2 Å². The zero-order valence-corrected chi connectivity index (χ0v) is 10.9. The minimum absolute atomic E-state index is 0.140. The molecule has 2 rings (SSSR count). The van der Waals surface area contributed by atoms with Crippen molar-refractivity contribution in [3.8, 4) is 0 Å². The van der Waals surface area contributed by atoms with Crippen molar-refractivity contribution in [3.63, 3.8) is 0 Å². The van der Waals surface area contributed by atoms with Gasteiger partial charge in [0, 0.05) is 13.0 Å².